The minimum Gasteiger partial charge on any atom is -0.290 e. The van der Waals surface area contributed by atoms with E-state index in [1.165, 1.54) is 11.1 Å². The van der Waals surface area contributed by atoms with Crippen LogP contribution in [0.2, 0.25) is 0 Å². The monoisotopic (exact) mass is 187 g/mol. The highest BCUT2D eigenvalue weighted by Crippen LogP contribution is 2.20. The fraction of sp³-hybridized carbons (Fsp3) is 0.308. The first-order chi connectivity index (χ1) is 6.67. The molecule has 1 atom stereocenters. The van der Waals surface area contributed by atoms with E-state index in [2.05, 4.69) is 18.9 Å². The van der Waals surface area contributed by atoms with Gasteiger partial charge in [0, 0.05) is 0 Å². The van der Waals surface area contributed by atoms with Crippen LogP contribution in [0.3, 0.4) is 0 Å². The molecule has 73 valence electrons. The second-order valence-electron chi connectivity index (χ2n) is 3.62. The second kappa shape index (κ2) is 4.75. The molecule has 1 aromatic carbocycles. The zero-order chi connectivity index (χ0) is 10.6. The molecular formula is C13H15O. The molecule has 1 radical (unpaired) electrons. The summed E-state index contributed by atoms with van der Waals surface area (Å²) in [6, 6.07) is 6.16. The molecule has 0 fully saturated rings. The second-order valence-corrected chi connectivity index (χ2v) is 3.62. The summed E-state index contributed by atoms with van der Waals surface area (Å²) in [5, 5.41) is 0. The van der Waals surface area contributed by atoms with Crippen molar-refractivity contribution in [2.75, 3.05) is 0 Å². The quantitative estimate of drug-likeness (QED) is 0.662. The third kappa shape index (κ3) is 2.56. The van der Waals surface area contributed by atoms with Gasteiger partial charge in [-0.2, -0.15) is 0 Å². The predicted octanol–water partition coefficient (Wildman–Crippen LogP) is 3.07. The summed E-state index contributed by atoms with van der Waals surface area (Å²) in [4.78, 5) is 10.7. The Morgan fingerprint density at radius 2 is 1.93 bits per heavy atom. The van der Waals surface area contributed by atoms with Gasteiger partial charge in [0.15, 0.2) is 0 Å². The molecule has 0 aliphatic heterocycles. The molecule has 1 rings (SSSR count). The van der Waals surface area contributed by atoms with E-state index in [1.807, 2.05) is 26.0 Å². The van der Waals surface area contributed by atoms with Gasteiger partial charge in [0.2, 0.25) is 6.29 Å². The Labute approximate surface area is 85.5 Å². The highest BCUT2D eigenvalue weighted by atomic mass is 16.1. The maximum atomic E-state index is 10.7. The average Bonchev–Trinajstić information content (AvgIpc) is 2.12. The molecule has 0 amide bonds. The van der Waals surface area contributed by atoms with Crippen LogP contribution < -0.4 is 0 Å². The Kier molecular flexibility index (Phi) is 3.63. The number of benzene rings is 1. The largest absolute Gasteiger partial charge is 0.290 e. The van der Waals surface area contributed by atoms with E-state index in [4.69, 9.17) is 0 Å². The fourth-order valence-corrected chi connectivity index (χ4v) is 1.63. The van der Waals surface area contributed by atoms with E-state index in [9.17, 15) is 4.79 Å². The van der Waals surface area contributed by atoms with Crippen molar-refractivity contribution >= 4 is 6.29 Å². The molecule has 0 spiro atoms. The van der Waals surface area contributed by atoms with Crippen molar-refractivity contribution in [2.45, 2.75) is 26.2 Å². The fourth-order valence-electron chi connectivity index (χ4n) is 1.63. The summed E-state index contributed by atoms with van der Waals surface area (Å²) in [6.45, 7) is 7.71. The summed E-state index contributed by atoms with van der Waals surface area (Å²) >= 11 is 0. The third-order valence-corrected chi connectivity index (χ3v) is 2.19. The van der Waals surface area contributed by atoms with Gasteiger partial charge in [0.05, 0.1) is 5.92 Å². The molecule has 1 aromatic rings. The molecule has 1 unspecified atom stereocenters. The van der Waals surface area contributed by atoms with Crippen molar-refractivity contribution in [3.63, 3.8) is 0 Å². The van der Waals surface area contributed by atoms with Crippen molar-refractivity contribution in [3.8, 4) is 0 Å². The van der Waals surface area contributed by atoms with E-state index in [0.717, 1.165) is 5.56 Å². The number of allylic oxidation sites excluding steroid dienone is 1. The lowest BCUT2D eigenvalue weighted by Crippen LogP contribution is -1.99. The van der Waals surface area contributed by atoms with Crippen LogP contribution in [0.15, 0.2) is 30.9 Å². The minimum absolute atomic E-state index is 0.161. The van der Waals surface area contributed by atoms with E-state index in [0.29, 0.717) is 6.42 Å². The molecule has 0 heterocycles. The van der Waals surface area contributed by atoms with Gasteiger partial charge >= 0.3 is 0 Å². The van der Waals surface area contributed by atoms with Crippen LogP contribution in [0.1, 0.15) is 29.0 Å². The molecule has 0 saturated carbocycles. The number of aryl methyl sites for hydroxylation is 2. The third-order valence-electron chi connectivity index (χ3n) is 2.19. The molecule has 0 aromatic heterocycles. The number of hydrogen-bond acceptors (Lipinski definition) is 1. The summed E-state index contributed by atoms with van der Waals surface area (Å²) in [6.07, 6.45) is 4.47. The smallest absolute Gasteiger partial charge is 0.206 e. The zero-order valence-corrected chi connectivity index (χ0v) is 8.71. The molecule has 0 bridgehead atoms. The van der Waals surface area contributed by atoms with Crippen LogP contribution >= 0.6 is 0 Å². The van der Waals surface area contributed by atoms with Gasteiger partial charge in [-0.3, -0.25) is 4.79 Å². The topological polar surface area (TPSA) is 17.1 Å². The lowest BCUT2D eigenvalue weighted by molar-refractivity contribution is 0.543. The Morgan fingerprint density at radius 3 is 2.36 bits per heavy atom. The zero-order valence-electron chi connectivity index (χ0n) is 8.71. The highest BCUT2D eigenvalue weighted by Gasteiger charge is 2.09. The van der Waals surface area contributed by atoms with Crippen LogP contribution in [0.25, 0.3) is 0 Å². The maximum Gasteiger partial charge on any atom is 0.206 e. The Hall–Kier alpha value is -1.37. The van der Waals surface area contributed by atoms with E-state index in [-0.39, 0.29) is 5.92 Å². The van der Waals surface area contributed by atoms with Crippen LogP contribution in [0.5, 0.6) is 0 Å². The lowest BCUT2D eigenvalue weighted by atomic mass is 9.94. The van der Waals surface area contributed by atoms with Crippen LogP contribution in [0.4, 0.5) is 0 Å². The van der Waals surface area contributed by atoms with E-state index in [1.54, 1.807) is 6.08 Å². The first-order valence-corrected chi connectivity index (χ1v) is 4.74. The first-order valence-electron chi connectivity index (χ1n) is 4.74. The van der Waals surface area contributed by atoms with Crippen LogP contribution in [0, 0.1) is 13.8 Å². The Morgan fingerprint density at radius 1 is 1.36 bits per heavy atom. The minimum atomic E-state index is -0.161. The highest BCUT2D eigenvalue weighted by molar-refractivity contribution is 5.63. The average molecular weight is 187 g/mol. The van der Waals surface area contributed by atoms with Crippen molar-refractivity contribution in [1.82, 2.24) is 0 Å². The molecule has 1 nitrogen and oxygen atoms in total. The summed E-state index contributed by atoms with van der Waals surface area (Å²) < 4.78 is 0. The first kappa shape index (κ1) is 10.7. The molecular weight excluding hydrogens is 172 g/mol. The normalized spacial score (nSPS) is 12.1. The van der Waals surface area contributed by atoms with Gasteiger partial charge in [-0.05, 0) is 25.8 Å². The number of rotatable bonds is 4. The van der Waals surface area contributed by atoms with E-state index >= 15 is 0 Å². The number of carbonyl (C=O) groups excluding carboxylic acids is 1. The van der Waals surface area contributed by atoms with Crippen LogP contribution in [-0.4, -0.2) is 6.29 Å². The number of hydrogen-bond donors (Lipinski definition) is 0. The van der Waals surface area contributed by atoms with Gasteiger partial charge in [-0.1, -0.05) is 35.4 Å². The maximum absolute atomic E-state index is 10.7. The molecule has 0 N–H and O–H groups in total. The standard InChI is InChI=1S/C13H15O/c1-4-5-12(9-14)13-7-10(2)6-11(3)8-13/h4,6-8,12H,1,5H2,2-3H3. The summed E-state index contributed by atoms with van der Waals surface area (Å²) in [5.41, 5.74) is 3.41. The molecule has 0 aliphatic rings. The summed E-state index contributed by atoms with van der Waals surface area (Å²) in [7, 11) is 0. The van der Waals surface area contributed by atoms with Gasteiger partial charge in [0.1, 0.15) is 0 Å². The Bertz CT molecular complexity index is 319. The Balaban J connectivity index is 3.02. The van der Waals surface area contributed by atoms with Gasteiger partial charge in [-0.15, -0.1) is 6.58 Å². The van der Waals surface area contributed by atoms with Gasteiger partial charge in [-0.25, -0.2) is 0 Å². The van der Waals surface area contributed by atoms with Crippen molar-refractivity contribution in [1.29, 1.82) is 0 Å². The molecule has 0 saturated heterocycles. The van der Waals surface area contributed by atoms with E-state index < -0.39 is 0 Å². The molecule has 1 heteroatoms. The van der Waals surface area contributed by atoms with Crippen molar-refractivity contribution in [3.05, 3.63) is 47.5 Å². The van der Waals surface area contributed by atoms with Crippen molar-refractivity contribution < 1.29 is 4.79 Å². The predicted molar refractivity (Wildman–Crippen MR) is 59.2 cm³/mol. The van der Waals surface area contributed by atoms with Crippen LogP contribution in [-0.2, 0) is 4.79 Å². The summed E-state index contributed by atoms with van der Waals surface area (Å²) in [5.74, 6) is -0.161. The SMILES string of the molecule is C=CCC([C]=O)c1cc(C)cc(C)c1. The van der Waals surface area contributed by atoms with Gasteiger partial charge < -0.3 is 0 Å². The molecule has 0 aliphatic carbocycles. The lowest BCUT2D eigenvalue weighted by Gasteiger charge is -2.09. The van der Waals surface area contributed by atoms with Crippen molar-refractivity contribution in [2.24, 2.45) is 0 Å². The molecule has 14 heavy (non-hydrogen) atoms. The van der Waals surface area contributed by atoms with Gasteiger partial charge in [0.25, 0.3) is 0 Å².